The lowest BCUT2D eigenvalue weighted by atomic mass is 10.2. The van der Waals surface area contributed by atoms with Crippen LogP contribution >= 0.6 is 11.3 Å². The Morgan fingerprint density at radius 2 is 2.07 bits per heavy atom. The van der Waals surface area contributed by atoms with Gasteiger partial charge in [-0.2, -0.15) is 0 Å². The van der Waals surface area contributed by atoms with Gasteiger partial charge in [-0.05, 0) is 31.5 Å². The number of nitrogens with one attached hydrogen (secondary N) is 1. The van der Waals surface area contributed by atoms with Gasteiger partial charge < -0.3 is 9.72 Å². The van der Waals surface area contributed by atoms with Crippen LogP contribution in [0, 0.1) is 6.92 Å². The number of aryl methyl sites for hydroxylation is 1. The second-order valence-corrected chi connectivity index (χ2v) is 7.16. The Bertz CT molecular complexity index is 1340. The van der Waals surface area contributed by atoms with Crippen molar-refractivity contribution in [3.63, 3.8) is 0 Å². The standard InChI is InChI=1S/C19H16N4O4S/c1-3-27-19(26)15-10(2)14-17(28-15)20-9-23(18(14)25)8-13-21-12-7-5-4-6-11(12)16(24)22-13/h4-7,9H,3,8H2,1-2H3,(H,21,22,24). The fourth-order valence-electron chi connectivity index (χ4n) is 3.03. The second kappa shape index (κ2) is 7.01. The summed E-state index contributed by atoms with van der Waals surface area (Å²) in [6, 6.07) is 7.00. The summed E-state index contributed by atoms with van der Waals surface area (Å²) in [4.78, 5) is 49.5. The van der Waals surface area contributed by atoms with Crippen LogP contribution in [0.1, 0.15) is 28.0 Å². The molecule has 0 saturated heterocycles. The highest BCUT2D eigenvalue weighted by Crippen LogP contribution is 2.27. The average Bonchev–Trinajstić information content (AvgIpc) is 3.02. The Morgan fingerprint density at radius 1 is 1.29 bits per heavy atom. The Labute approximate surface area is 162 Å². The van der Waals surface area contributed by atoms with Crippen LogP contribution in [0.25, 0.3) is 21.1 Å². The van der Waals surface area contributed by atoms with Crippen LogP contribution in [0.3, 0.4) is 0 Å². The van der Waals surface area contributed by atoms with Gasteiger partial charge in [0.25, 0.3) is 11.1 Å². The third-order valence-corrected chi connectivity index (χ3v) is 5.54. The lowest BCUT2D eigenvalue weighted by molar-refractivity contribution is 0.0531. The molecule has 0 amide bonds. The van der Waals surface area contributed by atoms with Gasteiger partial charge in [0.2, 0.25) is 0 Å². The molecular weight excluding hydrogens is 380 g/mol. The number of esters is 1. The smallest absolute Gasteiger partial charge is 0.348 e. The molecule has 0 fully saturated rings. The number of ether oxygens (including phenoxy) is 1. The van der Waals surface area contributed by atoms with Gasteiger partial charge in [-0.1, -0.05) is 12.1 Å². The Hall–Kier alpha value is -3.33. The minimum Gasteiger partial charge on any atom is -0.462 e. The van der Waals surface area contributed by atoms with Crippen molar-refractivity contribution in [1.82, 2.24) is 19.5 Å². The van der Waals surface area contributed by atoms with Crippen molar-refractivity contribution in [2.45, 2.75) is 20.4 Å². The maximum absolute atomic E-state index is 13.0. The molecule has 0 bridgehead atoms. The molecule has 28 heavy (non-hydrogen) atoms. The van der Waals surface area contributed by atoms with Gasteiger partial charge in [-0.3, -0.25) is 14.2 Å². The van der Waals surface area contributed by atoms with Crippen LogP contribution in [-0.2, 0) is 11.3 Å². The zero-order valence-electron chi connectivity index (χ0n) is 15.2. The van der Waals surface area contributed by atoms with Crippen LogP contribution in [0.2, 0.25) is 0 Å². The quantitative estimate of drug-likeness (QED) is 0.530. The van der Waals surface area contributed by atoms with E-state index in [2.05, 4.69) is 15.0 Å². The van der Waals surface area contributed by atoms with E-state index in [1.165, 1.54) is 10.9 Å². The van der Waals surface area contributed by atoms with E-state index in [0.29, 0.717) is 37.4 Å². The van der Waals surface area contributed by atoms with Gasteiger partial charge in [0, 0.05) is 0 Å². The van der Waals surface area contributed by atoms with Crippen molar-refractivity contribution in [3.05, 3.63) is 67.6 Å². The van der Waals surface area contributed by atoms with Crippen molar-refractivity contribution in [2.24, 2.45) is 0 Å². The summed E-state index contributed by atoms with van der Waals surface area (Å²) in [6.45, 7) is 3.74. The molecule has 0 spiro atoms. The zero-order valence-corrected chi connectivity index (χ0v) is 16.0. The van der Waals surface area contributed by atoms with Crippen LogP contribution in [0.4, 0.5) is 0 Å². The number of rotatable bonds is 4. The molecular formula is C19H16N4O4S. The molecule has 8 nitrogen and oxygen atoms in total. The predicted octanol–water partition coefficient (Wildman–Crippen LogP) is 2.23. The number of hydrogen-bond acceptors (Lipinski definition) is 7. The lowest BCUT2D eigenvalue weighted by Gasteiger charge is -2.06. The van der Waals surface area contributed by atoms with E-state index in [1.807, 2.05) is 0 Å². The first-order valence-corrected chi connectivity index (χ1v) is 9.44. The Kier molecular flexibility index (Phi) is 4.52. The summed E-state index contributed by atoms with van der Waals surface area (Å²) >= 11 is 1.13. The highest BCUT2D eigenvalue weighted by molar-refractivity contribution is 7.20. The zero-order chi connectivity index (χ0) is 19.8. The molecule has 0 aliphatic heterocycles. The van der Waals surface area contributed by atoms with E-state index < -0.39 is 5.97 Å². The summed E-state index contributed by atoms with van der Waals surface area (Å²) in [6.07, 6.45) is 1.39. The number of carbonyl (C=O) groups excluding carboxylic acids is 1. The molecule has 0 saturated carbocycles. The topological polar surface area (TPSA) is 107 Å². The van der Waals surface area contributed by atoms with E-state index >= 15 is 0 Å². The average molecular weight is 396 g/mol. The number of para-hydroxylation sites is 1. The van der Waals surface area contributed by atoms with Crippen molar-refractivity contribution < 1.29 is 9.53 Å². The van der Waals surface area contributed by atoms with Gasteiger partial charge in [0.1, 0.15) is 15.5 Å². The molecule has 4 aromatic rings. The van der Waals surface area contributed by atoms with Gasteiger partial charge in [-0.15, -0.1) is 11.3 Å². The van der Waals surface area contributed by atoms with Gasteiger partial charge in [0.05, 0.1) is 35.8 Å². The molecule has 1 N–H and O–H groups in total. The van der Waals surface area contributed by atoms with Crippen molar-refractivity contribution in [2.75, 3.05) is 6.61 Å². The summed E-state index contributed by atoms with van der Waals surface area (Å²) in [7, 11) is 0. The molecule has 0 unspecified atom stereocenters. The molecule has 0 radical (unpaired) electrons. The molecule has 1 aromatic carbocycles. The number of H-pyrrole nitrogens is 1. The van der Waals surface area contributed by atoms with Crippen LogP contribution in [0.5, 0.6) is 0 Å². The fraction of sp³-hybridized carbons (Fsp3) is 0.211. The van der Waals surface area contributed by atoms with E-state index in [1.54, 1.807) is 38.1 Å². The monoisotopic (exact) mass is 396 g/mol. The molecule has 4 rings (SSSR count). The molecule has 3 aromatic heterocycles. The van der Waals surface area contributed by atoms with Gasteiger partial charge in [0.15, 0.2) is 0 Å². The number of nitrogens with zero attached hydrogens (tertiary/aromatic N) is 3. The highest BCUT2D eigenvalue weighted by Gasteiger charge is 2.20. The number of aromatic amines is 1. The summed E-state index contributed by atoms with van der Waals surface area (Å²) in [5.41, 5.74) is 0.536. The van der Waals surface area contributed by atoms with Gasteiger partial charge in [-0.25, -0.2) is 14.8 Å². The number of carbonyl (C=O) groups is 1. The number of benzene rings is 1. The lowest BCUT2D eigenvalue weighted by Crippen LogP contribution is -2.23. The van der Waals surface area contributed by atoms with Crippen LogP contribution < -0.4 is 11.1 Å². The first kappa shape index (κ1) is 18.1. The SMILES string of the molecule is CCOC(=O)c1sc2ncn(Cc3nc4ccccc4c(=O)[nH]3)c(=O)c2c1C. The fourth-order valence-corrected chi connectivity index (χ4v) is 4.07. The Morgan fingerprint density at radius 3 is 2.86 bits per heavy atom. The summed E-state index contributed by atoms with van der Waals surface area (Å²) < 4.78 is 6.41. The molecule has 0 atom stereocenters. The first-order valence-electron chi connectivity index (χ1n) is 8.63. The van der Waals surface area contributed by atoms with E-state index in [9.17, 15) is 14.4 Å². The largest absolute Gasteiger partial charge is 0.462 e. The van der Waals surface area contributed by atoms with Crippen LogP contribution in [-0.4, -0.2) is 32.1 Å². The van der Waals surface area contributed by atoms with Crippen molar-refractivity contribution in [3.8, 4) is 0 Å². The normalized spacial score (nSPS) is 11.2. The van der Waals surface area contributed by atoms with Crippen molar-refractivity contribution in [1.29, 1.82) is 0 Å². The van der Waals surface area contributed by atoms with Gasteiger partial charge >= 0.3 is 5.97 Å². The number of fused-ring (bicyclic) bond motifs is 2. The maximum atomic E-state index is 13.0. The molecule has 0 aliphatic carbocycles. The maximum Gasteiger partial charge on any atom is 0.348 e. The first-order chi connectivity index (χ1) is 13.5. The number of aromatic nitrogens is 4. The predicted molar refractivity (Wildman–Crippen MR) is 106 cm³/mol. The minimum absolute atomic E-state index is 0.0614. The minimum atomic E-state index is -0.463. The number of thiophene rings is 1. The summed E-state index contributed by atoms with van der Waals surface area (Å²) in [5.74, 6) is -0.111. The van der Waals surface area contributed by atoms with Crippen molar-refractivity contribution >= 4 is 38.4 Å². The van der Waals surface area contributed by atoms with E-state index in [4.69, 9.17) is 4.74 Å². The third-order valence-electron chi connectivity index (χ3n) is 4.36. The molecule has 142 valence electrons. The van der Waals surface area contributed by atoms with E-state index in [-0.39, 0.29) is 24.3 Å². The van der Waals surface area contributed by atoms with Crippen LogP contribution in [0.15, 0.2) is 40.2 Å². The molecule has 0 aliphatic rings. The highest BCUT2D eigenvalue weighted by atomic mass is 32.1. The second-order valence-electron chi connectivity index (χ2n) is 6.16. The third kappa shape index (κ3) is 2.99. The molecule has 3 heterocycles. The number of hydrogen-bond donors (Lipinski definition) is 1. The summed E-state index contributed by atoms with van der Waals surface area (Å²) in [5, 5.41) is 0.860. The Balaban J connectivity index is 1.79. The van der Waals surface area contributed by atoms with E-state index in [0.717, 1.165) is 11.3 Å². The molecule has 9 heteroatoms.